The van der Waals surface area contributed by atoms with Crippen molar-refractivity contribution in [3.8, 4) is 0 Å². The molecule has 1 saturated heterocycles. The molecule has 3 atom stereocenters. The molecule has 4 rings (SSSR count). The van der Waals surface area contributed by atoms with Crippen LogP contribution in [-0.4, -0.2) is 43.0 Å². The van der Waals surface area contributed by atoms with Gasteiger partial charge in [-0.1, -0.05) is 68.4 Å². The summed E-state index contributed by atoms with van der Waals surface area (Å²) in [5, 5.41) is 0. The molecule has 1 aliphatic heterocycles. The molecule has 0 radical (unpaired) electrons. The van der Waals surface area contributed by atoms with E-state index in [1.54, 1.807) is 105 Å². The molecule has 0 N–H and O–H groups in total. The van der Waals surface area contributed by atoms with Crippen LogP contribution in [0.25, 0.3) is 0 Å². The van der Waals surface area contributed by atoms with Gasteiger partial charge >= 0.3 is 17.9 Å². The van der Waals surface area contributed by atoms with Gasteiger partial charge < -0.3 is 18.9 Å². The van der Waals surface area contributed by atoms with Crippen molar-refractivity contribution in [3.05, 3.63) is 108 Å². The molecular weight excluding hydrogens is 448 g/mol. The average molecular weight is 475 g/mol. The van der Waals surface area contributed by atoms with Crippen molar-refractivity contribution in [1.29, 1.82) is 0 Å². The lowest BCUT2D eigenvalue weighted by molar-refractivity contribution is -0.140. The van der Waals surface area contributed by atoms with Crippen molar-refractivity contribution in [2.24, 2.45) is 5.41 Å². The number of hydrogen-bond acceptors (Lipinski definition) is 7. The van der Waals surface area contributed by atoms with Gasteiger partial charge in [-0.3, -0.25) is 0 Å². The monoisotopic (exact) mass is 474 g/mol. The van der Waals surface area contributed by atoms with E-state index < -0.39 is 41.8 Å². The Morgan fingerprint density at radius 2 is 1.11 bits per heavy atom. The number of carbonyl (C=O) groups is 3. The Balaban J connectivity index is 1.53. The molecule has 3 aromatic carbocycles. The largest absolute Gasteiger partial charge is 0.459 e. The van der Waals surface area contributed by atoms with Crippen LogP contribution in [0.1, 0.15) is 44.9 Å². The third-order valence-electron chi connectivity index (χ3n) is 5.83. The molecule has 3 aromatic rings. The molecule has 1 unspecified atom stereocenters. The molecule has 1 fully saturated rings. The van der Waals surface area contributed by atoms with Crippen LogP contribution in [0.2, 0.25) is 0 Å². The maximum Gasteiger partial charge on any atom is 0.340 e. The summed E-state index contributed by atoms with van der Waals surface area (Å²) < 4.78 is 23.0. The van der Waals surface area contributed by atoms with Gasteiger partial charge in [0, 0.05) is 0 Å². The Hall–Kier alpha value is -3.97. The summed E-state index contributed by atoms with van der Waals surface area (Å²) in [6.45, 7) is 3.36. The van der Waals surface area contributed by atoms with Crippen molar-refractivity contribution >= 4 is 17.9 Å². The van der Waals surface area contributed by atoms with E-state index in [2.05, 4.69) is 0 Å². The number of ether oxygens (including phenoxy) is 4. The molecule has 0 aliphatic carbocycles. The van der Waals surface area contributed by atoms with Gasteiger partial charge in [0.25, 0.3) is 0 Å². The predicted molar refractivity (Wildman–Crippen MR) is 127 cm³/mol. The number of rotatable bonds is 7. The van der Waals surface area contributed by atoms with Gasteiger partial charge in [0.1, 0.15) is 18.8 Å². The van der Waals surface area contributed by atoms with Crippen LogP contribution in [0, 0.1) is 5.41 Å². The summed E-state index contributed by atoms with van der Waals surface area (Å²) in [5.41, 5.74) is 0.185. The standard InChI is InChI=1S/C28H26O7/c1-28(2)23(34-25(30)20-14-8-4-9-15-20)22(18-32-24(29)19-12-6-3-7-13-19)33-27(28)35-26(31)21-16-10-5-11-17-21/h3-17,22-23,27H,18H2,1-2H3/t22-,23?,27+/m1/s1. The van der Waals surface area contributed by atoms with Crippen LogP contribution in [0.15, 0.2) is 91.0 Å². The molecule has 0 spiro atoms. The first-order valence-electron chi connectivity index (χ1n) is 11.3. The molecule has 0 bridgehead atoms. The van der Waals surface area contributed by atoms with Gasteiger partial charge in [-0.2, -0.15) is 0 Å². The van der Waals surface area contributed by atoms with Crippen LogP contribution in [0.5, 0.6) is 0 Å². The van der Waals surface area contributed by atoms with Crippen molar-refractivity contribution in [2.75, 3.05) is 6.61 Å². The maximum atomic E-state index is 12.9. The second-order valence-corrected chi connectivity index (χ2v) is 8.76. The molecule has 0 amide bonds. The summed E-state index contributed by atoms with van der Waals surface area (Å²) in [6, 6.07) is 25.6. The summed E-state index contributed by atoms with van der Waals surface area (Å²) >= 11 is 0. The minimum atomic E-state index is -1.04. The SMILES string of the molecule is CC1(C)C(OC(=O)c2ccccc2)[C@@H](COC(=O)c2ccccc2)O[C@H]1OC(=O)c1ccccc1. The Bertz CT molecular complexity index is 1160. The van der Waals surface area contributed by atoms with E-state index >= 15 is 0 Å². The van der Waals surface area contributed by atoms with Gasteiger partial charge in [0.05, 0.1) is 22.1 Å². The first-order valence-corrected chi connectivity index (χ1v) is 11.3. The molecule has 35 heavy (non-hydrogen) atoms. The minimum Gasteiger partial charge on any atom is -0.459 e. The lowest BCUT2D eigenvalue weighted by Gasteiger charge is -2.30. The first kappa shape index (κ1) is 24.2. The number of hydrogen-bond donors (Lipinski definition) is 0. The second-order valence-electron chi connectivity index (χ2n) is 8.76. The predicted octanol–water partition coefficient (Wildman–Crippen LogP) is 4.68. The van der Waals surface area contributed by atoms with Crippen LogP contribution >= 0.6 is 0 Å². The molecule has 7 nitrogen and oxygen atoms in total. The average Bonchev–Trinajstić information content (AvgIpc) is 3.12. The molecule has 0 aromatic heterocycles. The molecular formula is C28H26O7. The minimum absolute atomic E-state index is 0.191. The topological polar surface area (TPSA) is 88.1 Å². The number of benzene rings is 3. The lowest BCUT2D eigenvalue weighted by atomic mass is 9.85. The van der Waals surface area contributed by atoms with E-state index in [-0.39, 0.29) is 6.61 Å². The van der Waals surface area contributed by atoms with Gasteiger partial charge in [0.15, 0.2) is 0 Å². The normalized spacial score (nSPS) is 20.6. The fourth-order valence-corrected chi connectivity index (χ4v) is 3.87. The third kappa shape index (κ3) is 5.58. The molecule has 7 heteroatoms. The summed E-state index contributed by atoms with van der Waals surface area (Å²) in [5.74, 6) is -1.66. The van der Waals surface area contributed by atoms with E-state index in [0.717, 1.165) is 0 Å². The summed E-state index contributed by atoms with van der Waals surface area (Å²) in [7, 11) is 0. The molecule has 1 aliphatic rings. The highest BCUT2D eigenvalue weighted by Gasteiger charge is 2.55. The van der Waals surface area contributed by atoms with Gasteiger partial charge in [-0.25, -0.2) is 14.4 Å². The summed E-state index contributed by atoms with van der Waals surface area (Å²) in [6.07, 6.45) is -2.74. The van der Waals surface area contributed by atoms with Gasteiger partial charge in [-0.15, -0.1) is 0 Å². The Labute approximate surface area is 203 Å². The number of carbonyl (C=O) groups excluding carboxylic acids is 3. The lowest BCUT2D eigenvalue weighted by Crippen LogP contribution is -2.42. The van der Waals surface area contributed by atoms with E-state index in [9.17, 15) is 14.4 Å². The maximum absolute atomic E-state index is 12.9. The van der Waals surface area contributed by atoms with Gasteiger partial charge in [0.2, 0.25) is 6.29 Å². The fourth-order valence-electron chi connectivity index (χ4n) is 3.87. The zero-order chi connectivity index (χ0) is 24.8. The molecule has 180 valence electrons. The quantitative estimate of drug-likeness (QED) is 0.363. The van der Waals surface area contributed by atoms with Gasteiger partial charge in [-0.05, 0) is 36.4 Å². The van der Waals surface area contributed by atoms with Crippen molar-refractivity contribution in [3.63, 3.8) is 0 Å². The third-order valence-corrected chi connectivity index (χ3v) is 5.83. The number of esters is 3. The summed E-state index contributed by atoms with van der Waals surface area (Å²) in [4.78, 5) is 38.0. The Morgan fingerprint density at radius 1 is 0.686 bits per heavy atom. The highest BCUT2D eigenvalue weighted by Crippen LogP contribution is 2.42. The van der Waals surface area contributed by atoms with E-state index in [4.69, 9.17) is 18.9 Å². The highest BCUT2D eigenvalue weighted by atomic mass is 16.7. The van der Waals surface area contributed by atoms with E-state index in [0.29, 0.717) is 16.7 Å². The Morgan fingerprint density at radius 3 is 1.60 bits per heavy atom. The first-order chi connectivity index (χ1) is 16.9. The van der Waals surface area contributed by atoms with Crippen molar-refractivity contribution < 1.29 is 33.3 Å². The van der Waals surface area contributed by atoms with Crippen molar-refractivity contribution in [2.45, 2.75) is 32.3 Å². The zero-order valence-electron chi connectivity index (χ0n) is 19.5. The van der Waals surface area contributed by atoms with Crippen molar-refractivity contribution in [1.82, 2.24) is 0 Å². The second kappa shape index (κ2) is 10.5. The van der Waals surface area contributed by atoms with Crippen LogP contribution in [0.3, 0.4) is 0 Å². The van der Waals surface area contributed by atoms with Crippen LogP contribution in [0.4, 0.5) is 0 Å². The van der Waals surface area contributed by atoms with E-state index in [1.165, 1.54) is 0 Å². The fraction of sp³-hybridized carbons (Fsp3) is 0.250. The molecule has 1 heterocycles. The van der Waals surface area contributed by atoms with Crippen LogP contribution in [-0.2, 0) is 18.9 Å². The highest BCUT2D eigenvalue weighted by molar-refractivity contribution is 5.90. The van der Waals surface area contributed by atoms with E-state index in [1.807, 2.05) is 0 Å². The molecule has 0 saturated carbocycles. The van der Waals surface area contributed by atoms with Crippen LogP contribution < -0.4 is 0 Å². The zero-order valence-corrected chi connectivity index (χ0v) is 19.5. The smallest absolute Gasteiger partial charge is 0.340 e. The Kier molecular flexibility index (Phi) is 7.27.